The van der Waals surface area contributed by atoms with Crippen molar-refractivity contribution in [3.8, 4) is 0 Å². The Labute approximate surface area is 188 Å². The van der Waals surface area contributed by atoms with Crippen molar-refractivity contribution in [2.45, 2.75) is 18.7 Å². The van der Waals surface area contributed by atoms with Gasteiger partial charge in [-0.25, -0.2) is 8.78 Å². The van der Waals surface area contributed by atoms with Gasteiger partial charge in [-0.2, -0.15) is 5.10 Å². The summed E-state index contributed by atoms with van der Waals surface area (Å²) in [6.07, 6.45) is 3.64. The molecule has 0 radical (unpaired) electrons. The Morgan fingerprint density at radius 2 is 1.94 bits per heavy atom. The van der Waals surface area contributed by atoms with Gasteiger partial charge in [0.1, 0.15) is 11.6 Å². The Kier molecular flexibility index (Phi) is 6.71. The van der Waals surface area contributed by atoms with Crippen LogP contribution in [0.2, 0.25) is 0 Å². The second kappa shape index (κ2) is 9.85. The summed E-state index contributed by atoms with van der Waals surface area (Å²) in [4.78, 5) is 17.5. The molecular weight excluding hydrogens is 430 g/mol. The van der Waals surface area contributed by atoms with Crippen molar-refractivity contribution in [3.05, 3.63) is 95.3 Å². The number of aliphatic hydroxyl groups excluding tert-OH is 2. The molecule has 33 heavy (non-hydrogen) atoms. The van der Waals surface area contributed by atoms with E-state index in [9.17, 15) is 23.8 Å². The number of aliphatic imine (C=N–C) groups is 1. The molecule has 1 amide bonds. The minimum Gasteiger partial charge on any atom is -0.394 e. The third-order valence-electron chi connectivity index (χ3n) is 5.37. The van der Waals surface area contributed by atoms with E-state index in [4.69, 9.17) is 0 Å². The second-order valence-corrected chi connectivity index (χ2v) is 7.60. The lowest BCUT2D eigenvalue weighted by atomic mass is 9.99. The topological polar surface area (TPSA) is 99.7 Å². The first-order valence-electron chi connectivity index (χ1n) is 10.3. The molecule has 0 unspecified atom stereocenters. The molecule has 7 nitrogen and oxygen atoms in total. The third kappa shape index (κ3) is 5.05. The molecule has 3 aromatic rings. The lowest BCUT2D eigenvalue weighted by Gasteiger charge is -2.23. The Hall–Kier alpha value is -3.69. The lowest BCUT2D eigenvalue weighted by molar-refractivity contribution is 0.0512. The van der Waals surface area contributed by atoms with Crippen molar-refractivity contribution < 1.29 is 23.8 Å². The summed E-state index contributed by atoms with van der Waals surface area (Å²) >= 11 is 0. The first-order chi connectivity index (χ1) is 16.0. The molecule has 0 aliphatic carbocycles. The van der Waals surface area contributed by atoms with Gasteiger partial charge in [0, 0.05) is 18.0 Å². The Morgan fingerprint density at radius 1 is 1.15 bits per heavy atom. The summed E-state index contributed by atoms with van der Waals surface area (Å²) in [7, 11) is 0. The van der Waals surface area contributed by atoms with Crippen LogP contribution in [0, 0.1) is 11.6 Å². The number of allylic oxidation sites excluding steroid dienone is 1. The largest absolute Gasteiger partial charge is 0.394 e. The molecule has 0 bridgehead atoms. The second-order valence-electron chi connectivity index (χ2n) is 7.60. The number of aromatic nitrogens is 2. The highest BCUT2D eigenvalue weighted by atomic mass is 19.1. The molecule has 2 atom stereocenters. The van der Waals surface area contributed by atoms with Crippen LogP contribution in [0.3, 0.4) is 0 Å². The molecule has 9 heteroatoms. The smallest absolute Gasteiger partial charge is 0.252 e. The van der Waals surface area contributed by atoms with Gasteiger partial charge >= 0.3 is 0 Å². The fraction of sp³-hybridized carbons (Fsp3) is 0.208. The van der Waals surface area contributed by atoms with E-state index < -0.39 is 30.5 Å². The Morgan fingerprint density at radius 3 is 2.64 bits per heavy atom. The average molecular weight is 452 g/mol. The molecule has 1 aliphatic rings. The molecular formula is C24H22F2N4O3. The molecule has 4 rings (SSSR count). The van der Waals surface area contributed by atoms with Gasteiger partial charge in [0.15, 0.2) is 0 Å². The van der Waals surface area contributed by atoms with E-state index in [0.29, 0.717) is 5.71 Å². The zero-order chi connectivity index (χ0) is 23.4. The molecule has 1 aliphatic heterocycles. The number of halogens is 2. The first kappa shape index (κ1) is 22.5. The van der Waals surface area contributed by atoms with Crippen molar-refractivity contribution in [1.29, 1.82) is 0 Å². The molecule has 0 saturated heterocycles. The van der Waals surface area contributed by atoms with Crippen molar-refractivity contribution >= 4 is 17.2 Å². The predicted molar refractivity (Wildman–Crippen MR) is 119 cm³/mol. The maximum Gasteiger partial charge on any atom is 0.252 e. The normalized spacial score (nSPS) is 15.0. The maximum absolute atomic E-state index is 14.9. The van der Waals surface area contributed by atoms with E-state index in [0.717, 1.165) is 11.1 Å². The lowest BCUT2D eigenvalue weighted by Crippen LogP contribution is -2.48. The fourth-order valence-corrected chi connectivity index (χ4v) is 3.64. The number of carbonyl (C=O) groups excluding carboxylic acids is 1. The molecule has 0 spiro atoms. The fourth-order valence-electron chi connectivity index (χ4n) is 3.64. The third-order valence-corrected chi connectivity index (χ3v) is 5.37. The Bertz CT molecular complexity index is 1190. The van der Waals surface area contributed by atoms with Gasteiger partial charge in [-0.3, -0.25) is 14.5 Å². The number of nitrogens with one attached hydrogen (secondary N) is 1. The number of aliphatic hydroxyl groups is 2. The van der Waals surface area contributed by atoms with E-state index in [1.54, 1.807) is 36.7 Å². The average Bonchev–Trinajstić information content (AvgIpc) is 3.51. The zero-order valence-corrected chi connectivity index (χ0v) is 17.5. The summed E-state index contributed by atoms with van der Waals surface area (Å²) in [5.41, 5.74) is 1.89. The predicted octanol–water partition coefficient (Wildman–Crippen LogP) is 2.20. The Balaban J connectivity index is 1.61. The van der Waals surface area contributed by atoms with Crippen molar-refractivity contribution in [3.63, 3.8) is 0 Å². The van der Waals surface area contributed by atoms with Crippen LogP contribution in [-0.2, 0) is 6.54 Å². The standard InChI is InChI=1S/C24H22F2N4O3/c25-17-7-5-15(6-8-17)16-11-20(27-12-16)23-18(3-1-4-19(23)26)24(33)29-21(22(32)14-31)13-30-10-2-9-28-30/h1-11,21-22,31-32H,12-14H2,(H,29,33)/t21-,22-/m1/s1. The number of benzene rings is 2. The summed E-state index contributed by atoms with van der Waals surface area (Å²) < 4.78 is 29.6. The van der Waals surface area contributed by atoms with Crippen molar-refractivity contribution in [2.75, 3.05) is 13.2 Å². The number of amides is 1. The summed E-state index contributed by atoms with van der Waals surface area (Å²) in [6, 6.07) is 10.9. The van der Waals surface area contributed by atoms with Crippen LogP contribution in [0.5, 0.6) is 0 Å². The van der Waals surface area contributed by atoms with E-state index >= 15 is 0 Å². The van der Waals surface area contributed by atoms with Gasteiger partial charge in [-0.15, -0.1) is 0 Å². The van der Waals surface area contributed by atoms with Gasteiger partial charge in [0.05, 0.1) is 43.1 Å². The molecule has 170 valence electrons. The molecule has 2 aromatic carbocycles. The first-order valence-corrected chi connectivity index (χ1v) is 10.3. The SMILES string of the molecule is O=C(N[C@H](Cn1cccn1)[C@H](O)CO)c1cccc(F)c1C1=NCC(c2ccc(F)cc2)=C1. The number of nitrogens with zero attached hydrogens (tertiary/aromatic N) is 3. The van der Waals surface area contributed by atoms with Crippen molar-refractivity contribution in [2.24, 2.45) is 4.99 Å². The summed E-state index contributed by atoms with van der Waals surface area (Å²) in [6.45, 7) is -0.194. The number of hydrogen-bond acceptors (Lipinski definition) is 5. The molecule has 2 heterocycles. The highest BCUT2D eigenvalue weighted by Gasteiger charge is 2.26. The van der Waals surface area contributed by atoms with Gasteiger partial charge in [-0.05, 0) is 47.5 Å². The minimum absolute atomic E-state index is 0.0310. The van der Waals surface area contributed by atoms with Gasteiger partial charge in [0.25, 0.3) is 5.91 Å². The monoisotopic (exact) mass is 452 g/mol. The van der Waals surface area contributed by atoms with Crippen LogP contribution < -0.4 is 5.32 Å². The molecule has 3 N–H and O–H groups in total. The molecule has 0 fully saturated rings. The van der Waals surface area contributed by atoms with Gasteiger partial charge in [-0.1, -0.05) is 18.2 Å². The van der Waals surface area contributed by atoms with E-state index in [1.807, 2.05) is 0 Å². The van der Waals surface area contributed by atoms with Crippen LogP contribution in [0.1, 0.15) is 21.5 Å². The van der Waals surface area contributed by atoms with E-state index in [1.165, 1.54) is 35.0 Å². The highest BCUT2D eigenvalue weighted by Crippen LogP contribution is 2.25. The summed E-state index contributed by atoms with van der Waals surface area (Å²) in [5.74, 6) is -1.61. The van der Waals surface area contributed by atoms with Crippen LogP contribution in [0.25, 0.3) is 5.57 Å². The van der Waals surface area contributed by atoms with Gasteiger partial charge < -0.3 is 15.5 Å². The van der Waals surface area contributed by atoms with Crippen LogP contribution in [0.4, 0.5) is 8.78 Å². The minimum atomic E-state index is -1.25. The number of carbonyl (C=O) groups is 1. The molecule has 0 saturated carbocycles. The van der Waals surface area contributed by atoms with E-state index in [-0.39, 0.29) is 30.0 Å². The van der Waals surface area contributed by atoms with Crippen LogP contribution in [-0.4, -0.2) is 56.9 Å². The highest BCUT2D eigenvalue weighted by molar-refractivity contribution is 6.19. The summed E-state index contributed by atoms with van der Waals surface area (Å²) in [5, 5.41) is 26.3. The number of hydrogen-bond donors (Lipinski definition) is 3. The zero-order valence-electron chi connectivity index (χ0n) is 17.5. The van der Waals surface area contributed by atoms with Crippen molar-refractivity contribution in [1.82, 2.24) is 15.1 Å². The van der Waals surface area contributed by atoms with Gasteiger partial charge in [0.2, 0.25) is 0 Å². The molecule has 1 aromatic heterocycles. The van der Waals surface area contributed by atoms with E-state index in [2.05, 4.69) is 15.4 Å². The number of rotatable bonds is 8. The quantitative estimate of drug-likeness (QED) is 0.488. The van der Waals surface area contributed by atoms with Crippen LogP contribution >= 0.6 is 0 Å². The maximum atomic E-state index is 14.9. The van der Waals surface area contributed by atoms with Crippen LogP contribution in [0.15, 0.2) is 72.0 Å².